The van der Waals surface area contributed by atoms with Gasteiger partial charge in [-0.05, 0) is 24.6 Å². The second kappa shape index (κ2) is 2.83. The zero-order valence-electron chi connectivity index (χ0n) is 7.98. The number of aromatic nitrogens is 2. The van der Waals surface area contributed by atoms with Crippen molar-refractivity contribution in [2.45, 2.75) is 6.92 Å². The van der Waals surface area contributed by atoms with Gasteiger partial charge in [-0.25, -0.2) is 9.78 Å². The first-order valence-electron chi connectivity index (χ1n) is 4.26. The van der Waals surface area contributed by atoms with Crippen molar-refractivity contribution in [3.8, 4) is 0 Å². The van der Waals surface area contributed by atoms with Gasteiger partial charge in [-0.15, -0.1) is 0 Å². The standard InChI is InChI=1S/C10H10N2O2/c1-6-3-4-7-8(5-6)12(2)9(11-7)10(13)14/h3-5H,1-2H3,(H,13,14). The minimum atomic E-state index is -0.999. The second-order valence-electron chi connectivity index (χ2n) is 3.29. The third-order valence-electron chi connectivity index (χ3n) is 2.23. The van der Waals surface area contributed by atoms with E-state index in [1.165, 1.54) is 0 Å². The summed E-state index contributed by atoms with van der Waals surface area (Å²) >= 11 is 0. The lowest BCUT2D eigenvalue weighted by molar-refractivity contribution is 0.0680. The van der Waals surface area contributed by atoms with Crippen LogP contribution in [-0.4, -0.2) is 20.6 Å². The minimum Gasteiger partial charge on any atom is -0.475 e. The molecule has 0 atom stereocenters. The van der Waals surface area contributed by atoms with Crippen LogP contribution < -0.4 is 0 Å². The van der Waals surface area contributed by atoms with Gasteiger partial charge in [-0.2, -0.15) is 0 Å². The van der Waals surface area contributed by atoms with Crippen molar-refractivity contribution in [3.63, 3.8) is 0 Å². The molecule has 2 aromatic rings. The Morgan fingerprint density at radius 3 is 2.86 bits per heavy atom. The molecule has 0 saturated heterocycles. The summed E-state index contributed by atoms with van der Waals surface area (Å²) in [7, 11) is 1.71. The predicted molar refractivity (Wildman–Crippen MR) is 52.4 cm³/mol. The van der Waals surface area contributed by atoms with Crippen LogP contribution in [0.15, 0.2) is 18.2 Å². The highest BCUT2D eigenvalue weighted by Crippen LogP contribution is 2.16. The van der Waals surface area contributed by atoms with E-state index in [0.717, 1.165) is 16.6 Å². The summed E-state index contributed by atoms with van der Waals surface area (Å²) in [4.78, 5) is 14.8. The first kappa shape index (κ1) is 8.74. The summed E-state index contributed by atoms with van der Waals surface area (Å²) in [6.45, 7) is 1.97. The fourth-order valence-electron chi connectivity index (χ4n) is 1.49. The summed E-state index contributed by atoms with van der Waals surface area (Å²) in [5.41, 5.74) is 2.66. The molecule has 0 aliphatic carbocycles. The SMILES string of the molecule is Cc1ccc2nc(C(=O)O)n(C)c2c1. The van der Waals surface area contributed by atoms with Crippen LogP contribution >= 0.6 is 0 Å². The zero-order chi connectivity index (χ0) is 10.3. The number of imidazole rings is 1. The van der Waals surface area contributed by atoms with Crippen molar-refractivity contribution in [3.05, 3.63) is 29.6 Å². The first-order valence-corrected chi connectivity index (χ1v) is 4.26. The molecule has 0 amide bonds. The van der Waals surface area contributed by atoms with Gasteiger partial charge in [0.15, 0.2) is 0 Å². The number of aryl methyl sites for hydroxylation is 2. The van der Waals surface area contributed by atoms with Gasteiger partial charge in [0.05, 0.1) is 11.0 Å². The van der Waals surface area contributed by atoms with Crippen molar-refractivity contribution in [1.82, 2.24) is 9.55 Å². The van der Waals surface area contributed by atoms with Crippen molar-refractivity contribution >= 4 is 17.0 Å². The summed E-state index contributed by atoms with van der Waals surface area (Å²) in [6, 6.07) is 5.67. The Bertz CT molecular complexity index is 514. The molecule has 0 spiro atoms. The van der Waals surface area contributed by atoms with Gasteiger partial charge in [0.2, 0.25) is 5.82 Å². The topological polar surface area (TPSA) is 55.1 Å². The van der Waals surface area contributed by atoms with Gasteiger partial charge in [-0.1, -0.05) is 6.07 Å². The van der Waals surface area contributed by atoms with Crippen molar-refractivity contribution in [1.29, 1.82) is 0 Å². The fourth-order valence-corrected chi connectivity index (χ4v) is 1.49. The molecule has 2 rings (SSSR count). The molecule has 4 heteroatoms. The van der Waals surface area contributed by atoms with Crippen LogP contribution in [0.1, 0.15) is 16.2 Å². The number of carboxylic acid groups (broad SMARTS) is 1. The van der Waals surface area contributed by atoms with E-state index in [-0.39, 0.29) is 5.82 Å². The molecule has 72 valence electrons. The quantitative estimate of drug-likeness (QED) is 0.742. The number of carboxylic acids is 1. The van der Waals surface area contributed by atoms with E-state index in [0.29, 0.717) is 0 Å². The van der Waals surface area contributed by atoms with Gasteiger partial charge in [0.25, 0.3) is 0 Å². The maximum Gasteiger partial charge on any atom is 0.372 e. The van der Waals surface area contributed by atoms with Crippen LogP contribution in [0.4, 0.5) is 0 Å². The molecule has 1 heterocycles. The highest BCUT2D eigenvalue weighted by molar-refractivity contribution is 5.89. The lowest BCUT2D eigenvalue weighted by atomic mass is 10.2. The van der Waals surface area contributed by atoms with Crippen LogP contribution in [0.25, 0.3) is 11.0 Å². The van der Waals surface area contributed by atoms with Crippen LogP contribution in [0.3, 0.4) is 0 Å². The highest BCUT2D eigenvalue weighted by atomic mass is 16.4. The molecule has 0 unspecified atom stereocenters. The highest BCUT2D eigenvalue weighted by Gasteiger charge is 2.13. The van der Waals surface area contributed by atoms with E-state index < -0.39 is 5.97 Å². The van der Waals surface area contributed by atoms with Crippen LogP contribution in [0.5, 0.6) is 0 Å². The van der Waals surface area contributed by atoms with Crippen molar-refractivity contribution in [2.24, 2.45) is 7.05 Å². The number of hydrogen-bond acceptors (Lipinski definition) is 2. The van der Waals surface area contributed by atoms with Crippen LogP contribution in [0, 0.1) is 6.92 Å². The maximum atomic E-state index is 10.8. The summed E-state index contributed by atoms with van der Waals surface area (Å²) in [5.74, 6) is -0.924. The molecule has 0 fully saturated rings. The smallest absolute Gasteiger partial charge is 0.372 e. The van der Waals surface area contributed by atoms with Gasteiger partial charge < -0.3 is 9.67 Å². The number of benzene rings is 1. The van der Waals surface area contributed by atoms with Crippen molar-refractivity contribution < 1.29 is 9.90 Å². The number of hydrogen-bond donors (Lipinski definition) is 1. The number of fused-ring (bicyclic) bond motifs is 1. The lowest BCUT2D eigenvalue weighted by Crippen LogP contribution is -2.05. The first-order chi connectivity index (χ1) is 6.59. The average Bonchev–Trinajstić information content (AvgIpc) is 2.44. The van der Waals surface area contributed by atoms with E-state index >= 15 is 0 Å². The zero-order valence-corrected chi connectivity index (χ0v) is 7.98. The molecule has 0 aliphatic rings. The monoisotopic (exact) mass is 190 g/mol. The number of rotatable bonds is 1. The average molecular weight is 190 g/mol. The Hall–Kier alpha value is -1.84. The largest absolute Gasteiger partial charge is 0.475 e. The molecule has 1 aromatic carbocycles. The molecule has 4 nitrogen and oxygen atoms in total. The van der Waals surface area contributed by atoms with E-state index in [1.807, 2.05) is 25.1 Å². The molecule has 0 saturated carbocycles. The molecule has 0 bridgehead atoms. The van der Waals surface area contributed by atoms with Gasteiger partial charge in [0, 0.05) is 7.05 Å². The number of carbonyl (C=O) groups is 1. The number of aromatic carboxylic acids is 1. The van der Waals surface area contributed by atoms with E-state index in [2.05, 4.69) is 4.98 Å². The van der Waals surface area contributed by atoms with Gasteiger partial charge >= 0.3 is 5.97 Å². The second-order valence-corrected chi connectivity index (χ2v) is 3.29. The Morgan fingerprint density at radius 2 is 2.21 bits per heavy atom. The molecular weight excluding hydrogens is 180 g/mol. The van der Waals surface area contributed by atoms with E-state index in [9.17, 15) is 4.79 Å². The number of nitrogens with zero attached hydrogens (tertiary/aromatic N) is 2. The maximum absolute atomic E-state index is 10.8. The van der Waals surface area contributed by atoms with Gasteiger partial charge in [0.1, 0.15) is 0 Å². The predicted octanol–water partition coefficient (Wildman–Crippen LogP) is 1.58. The van der Waals surface area contributed by atoms with Crippen LogP contribution in [-0.2, 0) is 7.05 Å². The Morgan fingerprint density at radius 1 is 1.50 bits per heavy atom. The Kier molecular flexibility index (Phi) is 1.77. The van der Waals surface area contributed by atoms with E-state index in [1.54, 1.807) is 11.6 Å². The van der Waals surface area contributed by atoms with Crippen molar-refractivity contribution in [2.75, 3.05) is 0 Å². The molecule has 0 radical (unpaired) electrons. The summed E-state index contributed by atoms with van der Waals surface area (Å²) in [5, 5.41) is 8.85. The fraction of sp³-hybridized carbons (Fsp3) is 0.200. The van der Waals surface area contributed by atoms with Crippen LogP contribution in [0.2, 0.25) is 0 Å². The summed E-state index contributed by atoms with van der Waals surface area (Å²) < 4.78 is 1.59. The third kappa shape index (κ3) is 1.16. The third-order valence-corrected chi connectivity index (χ3v) is 2.23. The molecule has 14 heavy (non-hydrogen) atoms. The van der Waals surface area contributed by atoms with Gasteiger partial charge in [-0.3, -0.25) is 0 Å². The molecule has 1 aromatic heterocycles. The Labute approximate surface area is 80.8 Å². The molecule has 0 aliphatic heterocycles. The normalized spacial score (nSPS) is 10.7. The van der Waals surface area contributed by atoms with E-state index in [4.69, 9.17) is 5.11 Å². The molecule has 1 N–H and O–H groups in total. The molecular formula is C10H10N2O2. The Balaban J connectivity index is 2.80. The lowest BCUT2D eigenvalue weighted by Gasteiger charge is -1.97. The summed E-state index contributed by atoms with van der Waals surface area (Å²) in [6.07, 6.45) is 0. The minimum absolute atomic E-state index is 0.0746.